The molecule has 0 radical (unpaired) electrons. The maximum Gasteiger partial charge on any atom is 0.314 e. The predicted octanol–water partition coefficient (Wildman–Crippen LogP) is 1.10. The smallest absolute Gasteiger partial charge is 0.314 e. The van der Waals surface area contributed by atoms with Gasteiger partial charge in [-0.1, -0.05) is 0 Å². The standard InChI is InChI=1S/C9H16O3/c1-3-12-8(11)9(2)6-4-5-7(9)10/h7,10H,3-6H2,1-2H3/t7-,9-/m0/s1. The van der Waals surface area contributed by atoms with Gasteiger partial charge in [-0.05, 0) is 33.1 Å². The number of aliphatic hydroxyl groups excluding tert-OH is 1. The first-order chi connectivity index (χ1) is 5.61. The van der Waals surface area contributed by atoms with Crippen LogP contribution in [0.25, 0.3) is 0 Å². The molecule has 0 unspecified atom stereocenters. The second-order valence-corrected chi connectivity index (χ2v) is 3.55. The van der Waals surface area contributed by atoms with Gasteiger partial charge < -0.3 is 9.84 Å². The molecule has 0 aromatic carbocycles. The van der Waals surface area contributed by atoms with E-state index in [0.717, 1.165) is 19.3 Å². The fraction of sp³-hybridized carbons (Fsp3) is 0.889. The summed E-state index contributed by atoms with van der Waals surface area (Å²) in [6.45, 7) is 3.95. The number of ether oxygens (including phenoxy) is 1. The third kappa shape index (κ3) is 1.46. The molecule has 0 spiro atoms. The van der Waals surface area contributed by atoms with Crippen molar-refractivity contribution in [3.63, 3.8) is 0 Å². The molecule has 1 fully saturated rings. The number of hydrogen-bond acceptors (Lipinski definition) is 3. The van der Waals surface area contributed by atoms with Crippen molar-refractivity contribution in [3.8, 4) is 0 Å². The van der Waals surface area contributed by atoms with E-state index in [1.165, 1.54) is 0 Å². The van der Waals surface area contributed by atoms with Crippen molar-refractivity contribution in [2.24, 2.45) is 5.41 Å². The number of carbonyl (C=O) groups is 1. The van der Waals surface area contributed by atoms with Gasteiger partial charge in [-0.25, -0.2) is 0 Å². The second kappa shape index (κ2) is 3.44. The molecule has 1 rings (SSSR count). The van der Waals surface area contributed by atoms with Crippen LogP contribution in [0.5, 0.6) is 0 Å². The Kier molecular flexibility index (Phi) is 2.73. The summed E-state index contributed by atoms with van der Waals surface area (Å²) in [6.07, 6.45) is 1.86. The second-order valence-electron chi connectivity index (χ2n) is 3.55. The lowest BCUT2D eigenvalue weighted by molar-refractivity contribution is -0.159. The van der Waals surface area contributed by atoms with Crippen molar-refractivity contribution in [1.82, 2.24) is 0 Å². The molecule has 0 amide bonds. The Hall–Kier alpha value is -0.570. The van der Waals surface area contributed by atoms with Crippen molar-refractivity contribution < 1.29 is 14.6 Å². The molecule has 12 heavy (non-hydrogen) atoms. The van der Waals surface area contributed by atoms with Gasteiger partial charge in [-0.15, -0.1) is 0 Å². The summed E-state index contributed by atoms with van der Waals surface area (Å²) in [6, 6.07) is 0. The highest BCUT2D eigenvalue weighted by atomic mass is 16.5. The summed E-state index contributed by atoms with van der Waals surface area (Å²) >= 11 is 0. The molecule has 1 aliphatic carbocycles. The first-order valence-corrected chi connectivity index (χ1v) is 4.46. The van der Waals surface area contributed by atoms with Crippen LogP contribution in [0, 0.1) is 5.41 Å². The molecule has 1 N–H and O–H groups in total. The lowest BCUT2D eigenvalue weighted by atomic mass is 9.87. The zero-order valence-electron chi connectivity index (χ0n) is 7.67. The molecule has 0 heterocycles. The SMILES string of the molecule is CCOC(=O)[C@@]1(C)CCC[C@@H]1O. The zero-order chi connectivity index (χ0) is 9.19. The summed E-state index contributed by atoms with van der Waals surface area (Å²) < 4.78 is 4.90. The van der Waals surface area contributed by atoms with E-state index in [0.29, 0.717) is 6.61 Å². The molecule has 0 saturated heterocycles. The first kappa shape index (κ1) is 9.52. The van der Waals surface area contributed by atoms with Crippen LogP contribution in [0.4, 0.5) is 0 Å². The van der Waals surface area contributed by atoms with Gasteiger partial charge in [0.25, 0.3) is 0 Å². The lowest BCUT2D eigenvalue weighted by Crippen LogP contribution is -2.36. The molecule has 0 aromatic rings. The average molecular weight is 172 g/mol. The molecule has 1 aliphatic rings. The van der Waals surface area contributed by atoms with Crippen LogP contribution in [-0.2, 0) is 9.53 Å². The van der Waals surface area contributed by atoms with Crippen molar-refractivity contribution in [3.05, 3.63) is 0 Å². The van der Waals surface area contributed by atoms with Gasteiger partial charge in [-0.3, -0.25) is 4.79 Å². The zero-order valence-corrected chi connectivity index (χ0v) is 7.67. The highest BCUT2D eigenvalue weighted by Gasteiger charge is 2.45. The molecule has 3 nitrogen and oxygen atoms in total. The molecule has 3 heteroatoms. The van der Waals surface area contributed by atoms with E-state index in [2.05, 4.69) is 0 Å². The Balaban J connectivity index is 2.63. The van der Waals surface area contributed by atoms with Gasteiger partial charge in [0.05, 0.1) is 18.1 Å². The highest BCUT2D eigenvalue weighted by molar-refractivity contribution is 5.77. The Bertz CT molecular complexity index is 179. The Morgan fingerprint density at radius 1 is 1.75 bits per heavy atom. The maximum atomic E-state index is 11.4. The first-order valence-electron chi connectivity index (χ1n) is 4.46. The van der Waals surface area contributed by atoms with E-state index in [1.807, 2.05) is 0 Å². The van der Waals surface area contributed by atoms with E-state index < -0.39 is 11.5 Å². The predicted molar refractivity (Wildman–Crippen MR) is 44.6 cm³/mol. The summed E-state index contributed by atoms with van der Waals surface area (Å²) in [7, 11) is 0. The van der Waals surface area contributed by atoms with Gasteiger partial charge in [0, 0.05) is 0 Å². The van der Waals surface area contributed by atoms with E-state index in [1.54, 1.807) is 13.8 Å². The summed E-state index contributed by atoms with van der Waals surface area (Å²) in [5.41, 5.74) is -0.643. The van der Waals surface area contributed by atoms with E-state index in [-0.39, 0.29) is 5.97 Å². The van der Waals surface area contributed by atoms with Gasteiger partial charge in [0.15, 0.2) is 0 Å². The monoisotopic (exact) mass is 172 g/mol. The lowest BCUT2D eigenvalue weighted by Gasteiger charge is -2.24. The third-order valence-corrected chi connectivity index (χ3v) is 2.65. The van der Waals surface area contributed by atoms with Crippen LogP contribution < -0.4 is 0 Å². The Labute approximate surface area is 72.7 Å². The minimum Gasteiger partial charge on any atom is -0.465 e. The third-order valence-electron chi connectivity index (χ3n) is 2.65. The fourth-order valence-corrected chi connectivity index (χ4v) is 1.68. The van der Waals surface area contributed by atoms with E-state index >= 15 is 0 Å². The molecular formula is C9H16O3. The van der Waals surface area contributed by atoms with Crippen molar-refractivity contribution >= 4 is 5.97 Å². The van der Waals surface area contributed by atoms with Crippen LogP contribution in [0.1, 0.15) is 33.1 Å². The fourth-order valence-electron chi connectivity index (χ4n) is 1.68. The topological polar surface area (TPSA) is 46.5 Å². The van der Waals surface area contributed by atoms with Crippen LogP contribution in [0.2, 0.25) is 0 Å². The quantitative estimate of drug-likeness (QED) is 0.634. The molecular weight excluding hydrogens is 156 g/mol. The minimum absolute atomic E-state index is 0.255. The molecule has 0 bridgehead atoms. The Morgan fingerprint density at radius 3 is 2.83 bits per heavy atom. The van der Waals surface area contributed by atoms with Crippen molar-refractivity contribution in [2.75, 3.05) is 6.61 Å². The molecule has 2 atom stereocenters. The Morgan fingerprint density at radius 2 is 2.42 bits per heavy atom. The van der Waals surface area contributed by atoms with Gasteiger partial charge in [0.2, 0.25) is 0 Å². The summed E-state index contributed by atoms with van der Waals surface area (Å²) in [4.78, 5) is 11.4. The molecule has 70 valence electrons. The number of esters is 1. The average Bonchev–Trinajstić information content (AvgIpc) is 2.34. The van der Waals surface area contributed by atoms with Crippen LogP contribution in [-0.4, -0.2) is 23.8 Å². The van der Waals surface area contributed by atoms with E-state index in [9.17, 15) is 9.90 Å². The number of carbonyl (C=O) groups excluding carboxylic acids is 1. The summed E-state index contributed by atoms with van der Waals surface area (Å²) in [5, 5.41) is 9.54. The van der Waals surface area contributed by atoms with Crippen LogP contribution in [0.3, 0.4) is 0 Å². The highest BCUT2D eigenvalue weighted by Crippen LogP contribution is 2.38. The summed E-state index contributed by atoms with van der Waals surface area (Å²) in [5.74, 6) is -0.255. The van der Waals surface area contributed by atoms with E-state index in [4.69, 9.17) is 4.74 Å². The van der Waals surface area contributed by atoms with Crippen LogP contribution >= 0.6 is 0 Å². The van der Waals surface area contributed by atoms with Crippen molar-refractivity contribution in [1.29, 1.82) is 0 Å². The molecule has 0 aromatic heterocycles. The van der Waals surface area contributed by atoms with Gasteiger partial charge in [-0.2, -0.15) is 0 Å². The maximum absolute atomic E-state index is 11.4. The van der Waals surface area contributed by atoms with Crippen LogP contribution in [0.15, 0.2) is 0 Å². The molecule has 1 saturated carbocycles. The van der Waals surface area contributed by atoms with Gasteiger partial charge in [0.1, 0.15) is 0 Å². The van der Waals surface area contributed by atoms with Gasteiger partial charge >= 0.3 is 5.97 Å². The minimum atomic E-state index is -0.643. The molecule has 0 aliphatic heterocycles. The number of hydrogen-bond donors (Lipinski definition) is 1. The normalized spacial score (nSPS) is 35.1. The number of rotatable bonds is 2. The largest absolute Gasteiger partial charge is 0.465 e. The van der Waals surface area contributed by atoms with Crippen molar-refractivity contribution in [2.45, 2.75) is 39.2 Å². The number of aliphatic hydroxyl groups is 1.